The van der Waals surface area contributed by atoms with Crippen LogP contribution in [0.4, 0.5) is 22.0 Å². The number of rotatable bonds is 5. The molecule has 0 radical (unpaired) electrons. The summed E-state index contributed by atoms with van der Waals surface area (Å²) in [5, 5.41) is 3.35. The van der Waals surface area contributed by atoms with Gasteiger partial charge in [0.15, 0.2) is 0 Å². The topological polar surface area (TPSA) is 71.5 Å². The van der Waals surface area contributed by atoms with Gasteiger partial charge in [-0.3, -0.25) is 0 Å². The molecule has 1 aromatic heterocycles. The van der Waals surface area contributed by atoms with E-state index in [4.69, 9.17) is 0 Å². The molecular weight excluding hydrogens is 514 g/mol. The van der Waals surface area contributed by atoms with Crippen LogP contribution in [0.15, 0.2) is 30.5 Å². The number of alkyl halides is 7. The van der Waals surface area contributed by atoms with E-state index in [0.29, 0.717) is 23.7 Å². The zero-order valence-corrected chi connectivity index (χ0v) is 17.1. The molecule has 3 rings (SSSR count). The minimum atomic E-state index is -4.48. The van der Waals surface area contributed by atoms with E-state index in [2.05, 4.69) is 15.0 Å². The number of ether oxygens (including phenoxy) is 1. The van der Waals surface area contributed by atoms with Crippen LogP contribution in [0.2, 0.25) is 0 Å². The third-order valence-electron chi connectivity index (χ3n) is 4.65. The zero-order valence-electron chi connectivity index (χ0n) is 14.9. The maximum atomic E-state index is 12.7. The van der Waals surface area contributed by atoms with Crippen molar-refractivity contribution < 1.29 is 34.9 Å². The Kier molecular flexibility index (Phi) is 6.76. The second-order valence-corrected chi connectivity index (χ2v) is 11.2. The van der Waals surface area contributed by atoms with Gasteiger partial charge >= 0.3 is 157 Å². The van der Waals surface area contributed by atoms with Gasteiger partial charge in [0.1, 0.15) is 0 Å². The second kappa shape index (κ2) is 8.94. The van der Waals surface area contributed by atoms with Gasteiger partial charge in [0.25, 0.3) is 0 Å². The molecule has 1 amide bonds. The van der Waals surface area contributed by atoms with Crippen LogP contribution in [-0.2, 0) is 0 Å². The number of halogens is 6. The molecule has 0 saturated heterocycles. The van der Waals surface area contributed by atoms with Crippen LogP contribution in [-0.4, -0.2) is 35.1 Å². The molecule has 0 spiro atoms. The molecule has 0 aliphatic heterocycles. The van der Waals surface area contributed by atoms with E-state index < -0.39 is 40.9 Å². The number of amides is 1. The number of carbonyl (C=O) groups excluding carboxylic acids is 1. The number of benzene rings is 1. The van der Waals surface area contributed by atoms with Crippen molar-refractivity contribution in [1.82, 2.24) is 10.3 Å². The molecular formula is C18H18F5IN2O3. The number of nitrogens with zero attached hydrogens (tertiary/aromatic N) is 1. The van der Waals surface area contributed by atoms with Gasteiger partial charge in [-0.2, -0.15) is 8.78 Å². The molecule has 2 N–H and O–H groups in total. The van der Waals surface area contributed by atoms with Crippen LogP contribution in [0.1, 0.15) is 36.0 Å². The van der Waals surface area contributed by atoms with Gasteiger partial charge in [-0.1, -0.05) is 0 Å². The number of carbonyl (C=O) groups is 1. The van der Waals surface area contributed by atoms with E-state index in [1.807, 2.05) is 0 Å². The van der Waals surface area contributed by atoms with Crippen LogP contribution in [0, 0.1) is 0 Å². The number of hydrogen-bond acceptors (Lipinski definition) is 4. The summed E-state index contributed by atoms with van der Waals surface area (Å²) in [4.78, 5) is 16.5. The van der Waals surface area contributed by atoms with Crippen molar-refractivity contribution in [1.29, 1.82) is 0 Å². The predicted molar refractivity (Wildman–Crippen MR) is 104 cm³/mol. The summed E-state index contributed by atoms with van der Waals surface area (Å²) in [6.45, 7) is -2.95. The summed E-state index contributed by atoms with van der Waals surface area (Å²) in [5.41, 5.74) is 0.639. The van der Waals surface area contributed by atoms with Crippen LogP contribution < -0.4 is 10.1 Å². The average Bonchev–Trinajstić information content (AvgIpc) is 2.66. The molecule has 0 unspecified atom stereocenters. The first-order valence-electron chi connectivity index (χ1n) is 8.73. The summed E-state index contributed by atoms with van der Waals surface area (Å²) in [6, 6.07) is 5.47. The maximum absolute atomic E-state index is 12.7. The van der Waals surface area contributed by atoms with E-state index >= 15 is 0 Å². The molecule has 160 valence electrons. The van der Waals surface area contributed by atoms with Gasteiger partial charge < -0.3 is 4.74 Å². The number of nitrogens with one attached hydrogen (secondary N) is 1. The molecule has 1 heterocycles. The van der Waals surface area contributed by atoms with Crippen molar-refractivity contribution in [2.75, 3.05) is 0 Å². The Morgan fingerprint density at radius 2 is 1.90 bits per heavy atom. The first kappa shape index (κ1) is 21.9. The van der Waals surface area contributed by atoms with Crippen LogP contribution in [0.3, 0.4) is 0 Å². The van der Waals surface area contributed by atoms with E-state index in [-0.39, 0.29) is 30.2 Å². The minimum absolute atomic E-state index is 0.0426. The Morgan fingerprint density at radius 3 is 2.52 bits per heavy atom. The fraction of sp³-hybridized carbons (Fsp3) is 0.444. The average molecular weight is 532 g/mol. The SMILES string of the molecule is O=C(NC1CCC(I(O)C(F)(F)F)CC1)c1cnc2cc(OC(F)F)ccc2c1. The Hall–Kier alpha value is -1.76. The molecule has 1 saturated carbocycles. The molecule has 1 aromatic carbocycles. The fourth-order valence-corrected chi connectivity index (χ4v) is 6.15. The Labute approximate surface area is 170 Å². The first-order valence-corrected chi connectivity index (χ1v) is 12.0. The molecule has 1 aliphatic carbocycles. The predicted octanol–water partition coefficient (Wildman–Crippen LogP) is 4.81. The van der Waals surface area contributed by atoms with Crippen LogP contribution in [0.25, 0.3) is 10.9 Å². The van der Waals surface area contributed by atoms with Crippen molar-refractivity contribution in [3.8, 4) is 5.75 Å². The van der Waals surface area contributed by atoms with Crippen molar-refractivity contribution in [3.63, 3.8) is 0 Å². The first-order chi connectivity index (χ1) is 13.6. The van der Waals surface area contributed by atoms with Crippen molar-refractivity contribution in [2.45, 2.75) is 46.4 Å². The summed E-state index contributed by atoms with van der Waals surface area (Å²) in [6.07, 6.45) is 2.51. The van der Waals surface area contributed by atoms with Crippen molar-refractivity contribution in [2.24, 2.45) is 0 Å². The standard InChI is InChI=1S/C18H18F5IN2O3/c19-17(20)29-14-6-1-10-7-11(9-25-15(10)8-14)16(27)26-13-4-2-12(3-5-13)24(28)18(21,22)23/h1,6-9,12-13,17,28H,2-5H2,(H,26,27). The van der Waals surface area contributed by atoms with Gasteiger partial charge in [-0.25, -0.2) is 0 Å². The Morgan fingerprint density at radius 1 is 1.21 bits per heavy atom. The monoisotopic (exact) mass is 532 g/mol. The summed E-state index contributed by atoms with van der Waals surface area (Å²) >= 11 is -4.00. The molecule has 0 atom stereocenters. The number of hydrogen-bond donors (Lipinski definition) is 2. The quantitative estimate of drug-likeness (QED) is 0.330. The summed E-state index contributed by atoms with van der Waals surface area (Å²) in [5.74, 6) is -0.454. The molecule has 1 aliphatic rings. The Balaban J connectivity index is 1.60. The Bertz CT molecular complexity index is 872. The van der Waals surface area contributed by atoms with E-state index in [1.54, 1.807) is 6.07 Å². The van der Waals surface area contributed by atoms with E-state index in [9.17, 15) is 30.2 Å². The number of fused-ring (bicyclic) bond motifs is 1. The normalized spacial score (nSPS) is 20.6. The molecule has 0 bridgehead atoms. The molecule has 2 aromatic rings. The van der Waals surface area contributed by atoms with Crippen molar-refractivity contribution >= 4 is 37.0 Å². The van der Waals surface area contributed by atoms with Gasteiger partial charge in [-0.05, 0) is 0 Å². The van der Waals surface area contributed by atoms with E-state index in [0.717, 1.165) is 0 Å². The molecule has 29 heavy (non-hydrogen) atoms. The molecule has 5 nitrogen and oxygen atoms in total. The summed E-state index contributed by atoms with van der Waals surface area (Å²) < 4.78 is 71.2. The van der Waals surface area contributed by atoms with Crippen molar-refractivity contribution in [3.05, 3.63) is 36.0 Å². The number of aromatic nitrogens is 1. The van der Waals surface area contributed by atoms with E-state index in [1.165, 1.54) is 24.4 Å². The van der Waals surface area contributed by atoms with Gasteiger partial charge in [0.05, 0.1) is 0 Å². The summed E-state index contributed by atoms with van der Waals surface area (Å²) in [7, 11) is 0. The third-order valence-corrected chi connectivity index (χ3v) is 8.81. The second-order valence-electron chi connectivity index (χ2n) is 6.60. The van der Waals surface area contributed by atoms with Gasteiger partial charge in [0.2, 0.25) is 0 Å². The zero-order chi connectivity index (χ0) is 21.2. The fourth-order valence-electron chi connectivity index (χ4n) is 3.25. The molecule has 1 fully saturated rings. The third kappa shape index (κ3) is 5.65. The van der Waals surface area contributed by atoms with Gasteiger partial charge in [0, 0.05) is 0 Å². The van der Waals surface area contributed by atoms with Crippen LogP contribution in [0.5, 0.6) is 5.75 Å². The number of pyridine rings is 1. The molecule has 11 heteroatoms. The van der Waals surface area contributed by atoms with Crippen LogP contribution >= 0.6 is 20.2 Å². The van der Waals surface area contributed by atoms with Gasteiger partial charge in [-0.15, -0.1) is 0 Å².